The SMILES string of the molecule is Cc1noc(C)c1S(=O)(=O)Nc1cc(C(N)=O)ccc1Cl. The van der Waals surface area contributed by atoms with Gasteiger partial charge in [-0.25, -0.2) is 8.42 Å². The van der Waals surface area contributed by atoms with Crippen molar-refractivity contribution in [3.05, 3.63) is 40.2 Å². The van der Waals surface area contributed by atoms with E-state index in [1.807, 2.05) is 0 Å². The molecular formula is C12H12ClN3O4S. The lowest BCUT2D eigenvalue weighted by Crippen LogP contribution is -2.16. The molecule has 3 N–H and O–H groups in total. The van der Waals surface area contributed by atoms with Crippen LogP contribution in [0.5, 0.6) is 0 Å². The van der Waals surface area contributed by atoms with Crippen LogP contribution in [0.2, 0.25) is 5.02 Å². The summed E-state index contributed by atoms with van der Waals surface area (Å²) in [5.74, 6) is -0.536. The monoisotopic (exact) mass is 329 g/mol. The lowest BCUT2D eigenvalue weighted by molar-refractivity contribution is 0.100. The fourth-order valence-corrected chi connectivity index (χ4v) is 3.43. The van der Waals surface area contributed by atoms with Crippen LogP contribution in [0, 0.1) is 13.8 Å². The Balaban J connectivity index is 2.46. The molecule has 1 heterocycles. The number of carbonyl (C=O) groups is 1. The number of hydrogen-bond donors (Lipinski definition) is 2. The standard InChI is InChI=1S/C12H12ClN3O4S/c1-6-11(7(2)20-15-6)21(18,19)16-10-5-8(12(14)17)3-4-9(10)13/h3-5,16H,1-2H3,(H2,14,17). The molecule has 2 rings (SSSR count). The van der Waals surface area contributed by atoms with Crippen LogP contribution in [-0.4, -0.2) is 19.5 Å². The molecule has 0 saturated heterocycles. The van der Waals surface area contributed by atoms with E-state index in [9.17, 15) is 13.2 Å². The summed E-state index contributed by atoms with van der Waals surface area (Å²) in [7, 11) is -3.94. The normalized spacial score (nSPS) is 11.4. The summed E-state index contributed by atoms with van der Waals surface area (Å²) < 4.78 is 31.8. The predicted molar refractivity (Wildman–Crippen MR) is 76.8 cm³/mol. The van der Waals surface area contributed by atoms with E-state index in [4.69, 9.17) is 21.9 Å². The van der Waals surface area contributed by atoms with Crippen LogP contribution < -0.4 is 10.5 Å². The lowest BCUT2D eigenvalue weighted by Gasteiger charge is -2.10. The first kappa shape index (κ1) is 15.3. The number of aryl methyl sites for hydroxylation is 2. The Morgan fingerprint density at radius 1 is 1.38 bits per heavy atom. The molecule has 0 saturated carbocycles. The maximum absolute atomic E-state index is 12.4. The predicted octanol–water partition coefficient (Wildman–Crippen LogP) is 1.84. The first-order valence-corrected chi connectivity index (χ1v) is 7.63. The number of halogens is 1. The van der Waals surface area contributed by atoms with Gasteiger partial charge in [0.15, 0.2) is 10.7 Å². The van der Waals surface area contributed by atoms with Gasteiger partial charge in [-0.05, 0) is 32.0 Å². The molecule has 1 aromatic carbocycles. The van der Waals surface area contributed by atoms with Gasteiger partial charge in [-0.15, -0.1) is 0 Å². The molecule has 1 amide bonds. The van der Waals surface area contributed by atoms with Crippen molar-refractivity contribution in [1.82, 2.24) is 5.16 Å². The lowest BCUT2D eigenvalue weighted by atomic mass is 10.2. The molecule has 0 unspecified atom stereocenters. The molecule has 0 atom stereocenters. The van der Waals surface area contributed by atoms with Crippen molar-refractivity contribution in [3.63, 3.8) is 0 Å². The molecule has 0 aliphatic carbocycles. The number of nitrogens with zero attached hydrogens (tertiary/aromatic N) is 1. The second-order valence-electron chi connectivity index (χ2n) is 4.32. The molecule has 7 nitrogen and oxygen atoms in total. The molecule has 0 fully saturated rings. The largest absolute Gasteiger partial charge is 0.366 e. The summed E-state index contributed by atoms with van der Waals surface area (Å²) in [5.41, 5.74) is 5.56. The van der Waals surface area contributed by atoms with Gasteiger partial charge in [-0.1, -0.05) is 16.8 Å². The minimum atomic E-state index is -3.94. The number of nitrogens with one attached hydrogen (secondary N) is 1. The molecular weight excluding hydrogens is 318 g/mol. The quantitative estimate of drug-likeness (QED) is 0.888. The number of benzene rings is 1. The van der Waals surface area contributed by atoms with Gasteiger partial charge in [-0.2, -0.15) is 0 Å². The number of carbonyl (C=O) groups excluding carboxylic acids is 1. The second-order valence-corrected chi connectivity index (χ2v) is 6.34. The second kappa shape index (κ2) is 5.38. The van der Waals surface area contributed by atoms with Gasteiger partial charge < -0.3 is 10.3 Å². The first-order valence-electron chi connectivity index (χ1n) is 5.77. The number of anilines is 1. The summed E-state index contributed by atoms with van der Waals surface area (Å²) in [4.78, 5) is 11.1. The fraction of sp³-hybridized carbons (Fsp3) is 0.167. The molecule has 21 heavy (non-hydrogen) atoms. The van der Waals surface area contributed by atoms with E-state index in [1.165, 1.54) is 32.0 Å². The Morgan fingerprint density at radius 2 is 2.05 bits per heavy atom. The number of nitrogens with two attached hydrogens (primary N) is 1. The zero-order valence-corrected chi connectivity index (χ0v) is 12.7. The highest BCUT2D eigenvalue weighted by molar-refractivity contribution is 7.92. The third-order valence-corrected chi connectivity index (χ3v) is 4.67. The average Bonchev–Trinajstić information content (AvgIpc) is 2.71. The van der Waals surface area contributed by atoms with Crippen LogP contribution in [0.25, 0.3) is 0 Å². The summed E-state index contributed by atoms with van der Waals surface area (Å²) in [6.45, 7) is 2.99. The highest BCUT2D eigenvalue weighted by Gasteiger charge is 2.25. The van der Waals surface area contributed by atoms with E-state index in [0.29, 0.717) is 0 Å². The van der Waals surface area contributed by atoms with Gasteiger partial charge in [0.1, 0.15) is 5.69 Å². The van der Waals surface area contributed by atoms with Gasteiger partial charge in [0.25, 0.3) is 10.0 Å². The Kier molecular flexibility index (Phi) is 3.93. The summed E-state index contributed by atoms with van der Waals surface area (Å²) in [6, 6.07) is 4.05. The molecule has 0 aliphatic heterocycles. The van der Waals surface area contributed by atoms with Gasteiger partial charge in [-0.3, -0.25) is 9.52 Å². The van der Waals surface area contributed by atoms with Crippen molar-refractivity contribution >= 4 is 33.2 Å². The van der Waals surface area contributed by atoms with E-state index in [0.717, 1.165) is 0 Å². The van der Waals surface area contributed by atoms with Gasteiger partial charge in [0.05, 0.1) is 10.7 Å². The molecule has 112 valence electrons. The van der Waals surface area contributed by atoms with Crippen LogP contribution in [-0.2, 0) is 10.0 Å². The van der Waals surface area contributed by atoms with Crippen molar-refractivity contribution in [2.24, 2.45) is 5.73 Å². The molecule has 0 bridgehead atoms. The molecule has 0 radical (unpaired) electrons. The number of rotatable bonds is 4. The number of hydrogen-bond acceptors (Lipinski definition) is 5. The van der Waals surface area contributed by atoms with Crippen LogP contribution in [0.15, 0.2) is 27.6 Å². The van der Waals surface area contributed by atoms with Crippen LogP contribution in [0.1, 0.15) is 21.8 Å². The van der Waals surface area contributed by atoms with E-state index in [2.05, 4.69) is 9.88 Å². The topological polar surface area (TPSA) is 115 Å². The minimum Gasteiger partial charge on any atom is -0.366 e. The maximum Gasteiger partial charge on any atom is 0.267 e. The van der Waals surface area contributed by atoms with E-state index >= 15 is 0 Å². The Bertz CT molecular complexity index is 794. The van der Waals surface area contributed by atoms with Gasteiger partial charge in [0, 0.05) is 5.56 Å². The summed E-state index contributed by atoms with van der Waals surface area (Å²) in [6.07, 6.45) is 0. The number of sulfonamides is 1. The Labute approximate surface area is 126 Å². The number of amides is 1. The van der Waals surface area contributed by atoms with Crippen LogP contribution >= 0.6 is 11.6 Å². The molecule has 0 spiro atoms. The van der Waals surface area contributed by atoms with Crippen molar-refractivity contribution < 1.29 is 17.7 Å². The minimum absolute atomic E-state index is 0.0490. The van der Waals surface area contributed by atoms with Crippen LogP contribution in [0.4, 0.5) is 5.69 Å². The van der Waals surface area contributed by atoms with E-state index in [1.54, 1.807) is 0 Å². The molecule has 1 aromatic heterocycles. The van der Waals surface area contributed by atoms with Crippen molar-refractivity contribution in [3.8, 4) is 0 Å². The zero-order chi connectivity index (χ0) is 15.8. The maximum atomic E-state index is 12.4. The average molecular weight is 330 g/mol. The molecule has 9 heteroatoms. The number of aromatic nitrogens is 1. The van der Waals surface area contributed by atoms with Crippen molar-refractivity contribution in [2.75, 3.05) is 4.72 Å². The zero-order valence-electron chi connectivity index (χ0n) is 11.2. The molecule has 2 aromatic rings. The Hall–Kier alpha value is -2.06. The van der Waals surface area contributed by atoms with E-state index in [-0.39, 0.29) is 32.6 Å². The third kappa shape index (κ3) is 3.01. The van der Waals surface area contributed by atoms with Crippen molar-refractivity contribution in [2.45, 2.75) is 18.7 Å². The first-order chi connectivity index (χ1) is 9.72. The summed E-state index contributed by atoms with van der Waals surface area (Å²) in [5, 5.41) is 3.73. The van der Waals surface area contributed by atoms with E-state index < -0.39 is 15.9 Å². The van der Waals surface area contributed by atoms with Gasteiger partial charge >= 0.3 is 0 Å². The molecule has 0 aliphatic rings. The van der Waals surface area contributed by atoms with Crippen LogP contribution in [0.3, 0.4) is 0 Å². The smallest absolute Gasteiger partial charge is 0.267 e. The Morgan fingerprint density at radius 3 is 2.57 bits per heavy atom. The fourth-order valence-electron chi connectivity index (χ4n) is 1.81. The van der Waals surface area contributed by atoms with Gasteiger partial charge in [0.2, 0.25) is 5.91 Å². The highest BCUT2D eigenvalue weighted by Crippen LogP contribution is 2.27. The van der Waals surface area contributed by atoms with Crippen molar-refractivity contribution in [1.29, 1.82) is 0 Å². The number of primary amides is 1. The third-order valence-electron chi connectivity index (χ3n) is 2.73. The highest BCUT2D eigenvalue weighted by atomic mass is 35.5. The summed E-state index contributed by atoms with van der Waals surface area (Å²) >= 11 is 5.93.